The van der Waals surface area contributed by atoms with Gasteiger partial charge in [0.05, 0.1) is 17.8 Å². The molecule has 0 spiro atoms. The quantitative estimate of drug-likeness (QED) is 0.511. The highest BCUT2D eigenvalue weighted by Gasteiger charge is 2.25. The van der Waals surface area contributed by atoms with Crippen molar-refractivity contribution in [3.8, 4) is 0 Å². The summed E-state index contributed by atoms with van der Waals surface area (Å²) in [5, 5.41) is 20.0. The predicted octanol–water partition coefficient (Wildman–Crippen LogP) is 4.50. The Morgan fingerprint density at radius 3 is 2.81 bits per heavy atom. The van der Waals surface area contributed by atoms with Gasteiger partial charge >= 0.3 is 5.97 Å². The highest BCUT2D eigenvalue weighted by atomic mass is 16.4. The van der Waals surface area contributed by atoms with Crippen molar-refractivity contribution < 1.29 is 9.90 Å². The molecule has 2 unspecified atom stereocenters. The van der Waals surface area contributed by atoms with Gasteiger partial charge in [0.1, 0.15) is 5.65 Å². The predicted molar refractivity (Wildman–Crippen MR) is 121 cm³/mol. The molecule has 0 bridgehead atoms. The number of benzene rings is 2. The summed E-state index contributed by atoms with van der Waals surface area (Å²) < 4.78 is 3.78. The van der Waals surface area contributed by atoms with E-state index in [2.05, 4.69) is 23.4 Å². The van der Waals surface area contributed by atoms with Gasteiger partial charge in [-0.05, 0) is 56.5 Å². The lowest BCUT2D eigenvalue weighted by molar-refractivity contribution is 0.0698. The monoisotopic (exact) mass is 416 g/mol. The molecule has 0 saturated carbocycles. The molecule has 0 aliphatic carbocycles. The zero-order valence-corrected chi connectivity index (χ0v) is 17.7. The first kappa shape index (κ1) is 19.4. The number of hydrogen-bond acceptors (Lipinski definition) is 4. The highest BCUT2D eigenvalue weighted by Crippen LogP contribution is 2.35. The number of carboxylic acid groups (broad SMARTS) is 1. The zero-order chi connectivity index (χ0) is 21.9. The van der Waals surface area contributed by atoms with Gasteiger partial charge in [-0.2, -0.15) is 5.10 Å². The topological polar surface area (TPSA) is 89.2 Å². The van der Waals surface area contributed by atoms with E-state index in [9.17, 15) is 14.7 Å². The van der Waals surface area contributed by atoms with Gasteiger partial charge in [0.2, 0.25) is 0 Å². The van der Waals surface area contributed by atoms with Crippen molar-refractivity contribution >= 4 is 33.5 Å². The van der Waals surface area contributed by atoms with Crippen molar-refractivity contribution in [1.29, 1.82) is 0 Å². The second-order valence-electron chi connectivity index (χ2n) is 8.41. The fourth-order valence-electron chi connectivity index (χ4n) is 4.74. The molecule has 0 radical (unpaired) electrons. The van der Waals surface area contributed by atoms with Crippen LogP contribution in [0.3, 0.4) is 0 Å². The van der Waals surface area contributed by atoms with Crippen LogP contribution >= 0.6 is 0 Å². The van der Waals surface area contributed by atoms with Crippen LogP contribution in [0.2, 0.25) is 0 Å². The van der Waals surface area contributed by atoms with E-state index in [4.69, 9.17) is 0 Å². The molecule has 31 heavy (non-hydrogen) atoms. The molecule has 7 heteroatoms. The number of rotatable bonds is 4. The van der Waals surface area contributed by atoms with Crippen LogP contribution in [0.4, 0.5) is 5.69 Å². The summed E-state index contributed by atoms with van der Waals surface area (Å²) in [4.78, 5) is 25.1. The number of anilines is 1. The van der Waals surface area contributed by atoms with Crippen LogP contribution in [0.25, 0.3) is 21.8 Å². The third-order valence-corrected chi connectivity index (χ3v) is 6.27. The van der Waals surface area contributed by atoms with Crippen molar-refractivity contribution in [3.63, 3.8) is 0 Å². The van der Waals surface area contributed by atoms with E-state index in [1.807, 2.05) is 41.4 Å². The Morgan fingerprint density at radius 2 is 2.03 bits per heavy atom. The Bertz CT molecular complexity index is 1420. The number of aromatic nitrogens is 3. The SMILES string of the molecule is Cc1cc(C(C)Nc2ccccc2C(=O)O)c2c(c1)c(=O)n1c3c2cnn3C(C)CC1. The van der Waals surface area contributed by atoms with Crippen LogP contribution in [0.1, 0.15) is 53.8 Å². The minimum absolute atomic E-state index is 0.000707. The first-order valence-electron chi connectivity index (χ1n) is 10.5. The number of hydrogen-bond donors (Lipinski definition) is 2. The number of nitrogens with one attached hydrogen (secondary N) is 1. The van der Waals surface area contributed by atoms with E-state index in [0.717, 1.165) is 34.0 Å². The van der Waals surface area contributed by atoms with Crippen LogP contribution in [0.15, 0.2) is 47.4 Å². The maximum Gasteiger partial charge on any atom is 0.337 e. The number of para-hydroxylation sites is 1. The van der Waals surface area contributed by atoms with E-state index in [-0.39, 0.29) is 23.2 Å². The Kier molecular flexibility index (Phi) is 4.36. The molecule has 2 aromatic heterocycles. The Balaban J connectivity index is 1.75. The number of carbonyl (C=O) groups is 1. The van der Waals surface area contributed by atoms with Crippen molar-refractivity contribution in [1.82, 2.24) is 14.3 Å². The number of fused-ring (bicyclic) bond motifs is 2. The van der Waals surface area contributed by atoms with Gasteiger partial charge < -0.3 is 10.4 Å². The highest BCUT2D eigenvalue weighted by molar-refractivity contribution is 6.07. The van der Waals surface area contributed by atoms with Gasteiger partial charge in [-0.25, -0.2) is 9.48 Å². The summed E-state index contributed by atoms with van der Waals surface area (Å²) in [7, 11) is 0. The molecule has 158 valence electrons. The van der Waals surface area contributed by atoms with E-state index >= 15 is 0 Å². The van der Waals surface area contributed by atoms with Crippen LogP contribution in [-0.2, 0) is 6.54 Å². The van der Waals surface area contributed by atoms with Crippen LogP contribution in [-0.4, -0.2) is 25.4 Å². The molecule has 0 fully saturated rings. The molecular formula is C24H24N4O3. The molecule has 2 N–H and O–H groups in total. The number of nitrogens with zero attached hydrogens (tertiary/aromatic N) is 3. The van der Waals surface area contributed by atoms with E-state index in [0.29, 0.717) is 17.6 Å². The maximum atomic E-state index is 13.4. The second-order valence-corrected chi connectivity index (χ2v) is 8.41. The summed E-state index contributed by atoms with van der Waals surface area (Å²) in [6.45, 7) is 6.77. The summed E-state index contributed by atoms with van der Waals surface area (Å²) in [5.41, 5.74) is 3.57. The van der Waals surface area contributed by atoms with Crippen LogP contribution in [0.5, 0.6) is 0 Å². The maximum absolute atomic E-state index is 13.4. The van der Waals surface area contributed by atoms with Gasteiger partial charge in [-0.15, -0.1) is 0 Å². The molecule has 1 aliphatic rings. The molecule has 7 nitrogen and oxygen atoms in total. The summed E-state index contributed by atoms with van der Waals surface area (Å²) in [6.07, 6.45) is 2.73. The summed E-state index contributed by atoms with van der Waals surface area (Å²) >= 11 is 0. The Labute approximate surface area is 178 Å². The molecule has 0 saturated heterocycles. The van der Waals surface area contributed by atoms with Gasteiger partial charge in [0, 0.05) is 34.4 Å². The average molecular weight is 416 g/mol. The minimum atomic E-state index is -0.980. The zero-order valence-electron chi connectivity index (χ0n) is 17.7. The molecule has 3 heterocycles. The molecule has 2 aromatic carbocycles. The van der Waals surface area contributed by atoms with Crippen molar-refractivity contribution in [2.45, 2.75) is 45.8 Å². The molecule has 4 aromatic rings. The van der Waals surface area contributed by atoms with Gasteiger partial charge in [-0.1, -0.05) is 18.2 Å². The first-order chi connectivity index (χ1) is 14.9. The Hall–Kier alpha value is -3.61. The van der Waals surface area contributed by atoms with E-state index in [1.165, 1.54) is 0 Å². The summed E-state index contributed by atoms with van der Waals surface area (Å²) in [6, 6.07) is 10.9. The normalized spacial score (nSPS) is 16.5. The minimum Gasteiger partial charge on any atom is -0.478 e. The third-order valence-electron chi connectivity index (χ3n) is 6.27. The average Bonchev–Trinajstić information content (AvgIpc) is 3.19. The number of carboxylic acids is 1. The standard InChI is InChI=1S/C24H24N4O3/c1-13-10-17(15(3)26-20-7-5-4-6-16(20)24(30)31)21-18(11-13)23(29)27-9-8-14(2)28-22(27)19(21)12-25-28/h4-7,10-12,14-15,26H,8-9H2,1-3H3,(H,30,31). The first-order valence-corrected chi connectivity index (χ1v) is 10.5. The van der Waals surface area contributed by atoms with E-state index in [1.54, 1.807) is 18.2 Å². The molecular weight excluding hydrogens is 392 g/mol. The number of aromatic carboxylic acids is 1. The molecule has 5 rings (SSSR count). The van der Waals surface area contributed by atoms with Crippen LogP contribution < -0.4 is 10.9 Å². The Morgan fingerprint density at radius 1 is 1.26 bits per heavy atom. The lowest BCUT2D eigenvalue weighted by Crippen LogP contribution is -2.29. The third kappa shape index (κ3) is 2.91. The van der Waals surface area contributed by atoms with Crippen molar-refractivity contribution in [2.24, 2.45) is 0 Å². The molecule has 2 atom stereocenters. The van der Waals surface area contributed by atoms with Crippen molar-refractivity contribution in [3.05, 3.63) is 69.6 Å². The fraction of sp³-hybridized carbons (Fsp3) is 0.292. The largest absolute Gasteiger partial charge is 0.478 e. The van der Waals surface area contributed by atoms with Crippen LogP contribution in [0, 0.1) is 6.92 Å². The lowest BCUT2D eigenvalue weighted by Gasteiger charge is -2.24. The summed E-state index contributed by atoms with van der Waals surface area (Å²) in [5.74, 6) is -0.980. The van der Waals surface area contributed by atoms with Gasteiger partial charge in [-0.3, -0.25) is 9.36 Å². The fourth-order valence-corrected chi connectivity index (χ4v) is 4.74. The smallest absolute Gasteiger partial charge is 0.337 e. The number of aryl methyl sites for hydroxylation is 2. The number of pyridine rings is 1. The van der Waals surface area contributed by atoms with Gasteiger partial charge in [0.15, 0.2) is 0 Å². The molecule has 0 amide bonds. The second kappa shape index (κ2) is 6.97. The van der Waals surface area contributed by atoms with E-state index < -0.39 is 5.97 Å². The van der Waals surface area contributed by atoms with Gasteiger partial charge in [0.25, 0.3) is 5.56 Å². The lowest BCUT2D eigenvalue weighted by atomic mass is 9.95. The molecule has 1 aliphatic heterocycles. The van der Waals surface area contributed by atoms with Crippen molar-refractivity contribution in [2.75, 3.05) is 5.32 Å².